The van der Waals surface area contributed by atoms with Crippen LogP contribution in [0.15, 0.2) is 122 Å². The maximum Gasteiger partial charge on any atom is 0.119 e. The minimum atomic E-state index is -2.24. The van der Waals surface area contributed by atoms with E-state index < -0.39 is 8.07 Å². The zero-order valence-corrected chi connectivity index (χ0v) is 29.4. The molecule has 1 nitrogen and oxygen atoms in total. The minimum absolute atomic E-state index is 0.275. The van der Waals surface area contributed by atoms with E-state index in [2.05, 4.69) is 157 Å². The Hall–Kier alpha value is -4.14. The van der Waals surface area contributed by atoms with Crippen molar-refractivity contribution in [1.29, 1.82) is 0 Å². The van der Waals surface area contributed by atoms with Gasteiger partial charge in [0, 0.05) is 5.54 Å². The highest BCUT2D eigenvalue weighted by atomic mass is 28.3. The Bertz CT molecular complexity index is 1760. The molecule has 1 aliphatic carbocycles. The number of para-hydroxylation sites is 1. The summed E-state index contributed by atoms with van der Waals surface area (Å²) < 4.78 is 6.32. The average molecular weight is 621 g/mol. The lowest BCUT2D eigenvalue weighted by atomic mass is 9.89. The predicted octanol–water partition coefficient (Wildman–Crippen LogP) is 11.9. The van der Waals surface area contributed by atoms with Gasteiger partial charge < -0.3 is 4.74 Å². The third-order valence-corrected chi connectivity index (χ3v) is 14.4. The molecule has 46 heavy (non-hydrogen) atoms. The summed E-state index contributed by atoms with van der Waals surface area (Å²) in [6, 6.07) is 41.3. The molecule has 2 unspecified atom stereocenters. The molecule has 5 aromatic rings. The quantitative estimate of drug-likeness (QED) is 0.105. The normalized spacial score (nSPS) is 15.1. The molecule has 0 fully saturated rings. The van der Waals surface area contributed by atoms with Crippen LogP contribution in [0.3, 0.4) is 0 Å². The Morgan fingerprint density at radius 2 is 1.13 bits per heavy atom. The van der Waals surface area contributed by atoms with E-state index in [1.807, 2.05) is 6.08 Å². The maximum atomic E-state index is 6.32. The van der Waals surface area contributed by atoms with Gasteiger partial charge in [-0.25, -0.2) is 0 Å². The van der Waals surface area contributed by atoms with Gasteiger partial charge in [-0.05, 0) is 91.6 Å². The Morgan fingerprint density at radius 1 is 0.652 bits per heavy atom. The monoisotopic (exact) mass is 620 g/mol. The van der Waals surface area contributed by atoms with Gasteiger partial charge >= 0.3 is 0 Å². The zero-order chi connectivity index (χ0) is 32.4. The summed E-state index contributed by atoms with van der Waals surface area (Å²) in [4.78, 5) is 0. The van der Waals surface area contributed by atoms with Gasteiger partial charge in [0.25, 0.3) is 0 Å². The number of rotatable bonds is 11. The van der Waals surface area contributed by atoms with Crippen LogP contribution in [0.4, 0.5) is 0 Å². The maximum absolute atomic E-state index is 6.32. The number of fused-ring (bicyclic) bond motifs is 3. The summed E-state index contributed by atoms with van der Waals surface area (Å²) in [6.07, 6.45) is 4.09. The summed E-state index contributed by atoms with van der Waals surface area (Å²) in [7, 11) is -2.24. The molecule has 0 amide bonds. The van der Waals surface area contributed by atoms with Crippen molar-refractivity contribution in [2.24, 2.45) is 0 Å². The first-order valence-corrected chi connectivity index (χ1v) is 20.2. The van der Waals surface area contributed by atoms with Gasteiger partial charge in [0.05, 0.1) is 8.07 Å². The van der Waals surface area contributed by atoms with Gasteiger partial charge in [-0.2, -0.15) is 0 Å². The van der Waals surface area contributed by atoms with E-state index in [1.165, 1.54) is 60.8 Å². The summed E-state index contributed by atoms with van der Waals surface area (Å²) in [5.74, 6) is 2.00. The van der Waals surface area contributed by atoms with Crippen LogP contribution in [0.5, 0.6) is 5.75 Å². The standard InChI is InChI=1S/C44H48OSi/c1-8-27-45-42-21-15-16-22-43(42)46(6,7)44-40-28-32(36-19-13-11-17-34(36)30(4)9-2)23-25-38(40)39-26-24-33(29-41(39)44)37-20-14-12-18-35(37)31(5)10-3/h8,11-26,28-31,44H,1,9-10,27H2,2-7H3. The largest absolute Gasteiger partial charge is 0.490 e. The second-order valence-corrected chi connectivity index (χ2v) is 18.2. The van der Waals surface area contributed by atoms with E-state index in [0.717, 1.165) is 18.6 Å². The summed E-state index contributed by atoms with van der Waals surface area (Å²) >= 11 is 0. The molecule has 0 aromatic heterocycles. The molecular formula is C44H48OSi. The van der Waals surface area contributed by atoms with Crippen molar-refractivity contribution >= 4 is 13.3 Å². The third kappa shape index (κ3) is 5.69. The molecule has 0 heterocycles. The average Bonchev–Trinajstić information content (AvgIpc) is 3.43. The molecule has 0 saturated heterocycles. The Labute approximate surface area is 278 Å². The van der Waals surface area contributed by atoms with Crippen molar-refractivity contribution in [3.05, 3.63) is 144 Å². The fraction of sp³-hybridized carbons (Fsp3) is 0.273. The van der Waals surface area contributed by atoms with E-state index in [-0.39, 0.29) is 5.54 Å². The van der Waals surface area contributed by atoms with Crippen LogP contribution in [-0.4, -0.2) is 14.7 Å². The fourth-order valence-corrected chi connectivity index (χ4v) is 11.3. The molecule has 0 spiro atoms. The second kappa shape index (κ2) is 13.3. The highest BCUT2D eigenvalue weighted by Crippen LogP contribution is 2.52. The molecular weight excluding hydrogens is 573 g/mol. The minimum Gasteiger partial charge on any atom is -0.490 e. The topological polar surface area (TPSA) is 9.23 Å². The lowest BCUT2D eigenvalue weighted by Gasteiger charge is -2.33. The Balaban J connectivity index is 1.57. The summed E-state index contributed by atoms with van der Waals surface area (Å²) in [5.41, 5.74) is 14.1. The first kappa shape index (κ1) is 31.8. The van der Waals surface area contributed by atoms with Crippen molar-refractivity contribution < 1.29 is 4.74 Å². The molecule has 0 aliphatic heterocycles. The van der Waals surface area contributed by atoms with Crippen LogP contribution in [0.1, 0.15) is 80.2 Å². The highest BCUT2D eigenvalue weighted by Gasteiger charge is 2.44. The SMILES string of the molecule is C=CCOc1ccccc1[Si](C)(C)C1c2cc(-c3ccccc3C(C)CC)ccc2-c2ccc(-c3ccccc3C(C)CC)cc21. The molecule has 0 radical (unpaired) electrons. The van der Waals surface area contributed by atoms with Crippen molar-refractivity contribution in [3.63, 3.8) is 0 Å². The van der Waals surface area contributed by atoms with Crippen LogP contribution < -0.4 is 9.92 Å². The zero-order valence-electron chi connectivity index (χ0n) is 28.4. The first-order valence-electron chi connectivity index (χ1n) is 17.1. The van der Waals surface area contributed by atoms with E-state index in [1.54, 1.807) is 0 Å². The Kier molecular flexibility index (Phi) is 9.20. The van der Waals surface area contributed by atoms with E-state index in [0.29, 0.717) is 18.4 Å². The number of ether oxygens (including phenoxy) is 1. The van der Waals surface area contributed by atoms with Gasteiger partial charge in [-0.3, -0.25) is 0 Å². The molecule has 0 saturated carbocycles. The van der Waals surface area contributed by atoms with Crippen molar-refractivity contribution in [2.75, 3.05) is 6.61 Å². The van der Waals surface area contributed by atoms with Crippen LogP contribution >= 0.6 is 0 Å². The molecule has 2 atom stereocenters. The van der Waals surface area contributed by atoms with Crippen molar-refractivity contribution in [1.82, 2.24) is 0 Å². The van der Waals surface area contributed by atoms with Gasteiger partial charge in [0.15, 0.2) is 0 Å². The van der Waals surface area contributed by atoms with E-state index >= 15 is 0 Å². The van der Waals surface area contributed by atoms with Gasteiger partial charge in [0.2, 0.25) is 0 Å². The molecule has 6 rings (SSSR count). The Morgan fingerprint density at radius 3 is 1.63 bits per heavy atom. The second-order valence-electron chi connectivity index (χ2n) is 13.6. The number of hydrogen-bond donors (Lipinski definition) is 0. The van der Waals surface area contributed by atoms with Crippen LogP contribution in [-0.2, 0) is 0 Å². The fourth-order valence-electron chi connectivity index (χ4n) is 7.62. The van der Waals surface area contributed by atoms with Crippen molar-refractivity contribution in [2.45, 2.75) is 71.0 Å². The lowest BCUT2D eigenvalue weighted by Crippen LogP contribution is -2.48. The smallest absolute Gasteiger partial charge is 0.119 e. The lowest BCUT2D eigenvalue weighted by molar-refractivity contribution is 0.366. The van der Waals surface area contributed by atoms with Gasteiger partial charge in [0.1, 0.15) is 12.4 Å². The van der Waals surface area contributed by atoms with Gasteiger partial charge in [-0.15, -0.1) is 0 Å². The molecule has 0 N–H and O–H groups in total. The van der Waals surface area contributed by atoms with E-state index in [4.69, 9.17) is 4.74 Å². The highest BCUT2D eigenvalue weighted by molar-refractivity contribution is 6.92. The molecule has 0 bridgehead atoms. The summed E-state index contributed by atoms with van der Waals surface area (Å²) in [6.45, 7) is 18.8. The van der Waals surface area contributed by atoms with Crippen molar-refractivity contribution in [3.8, 4) is 39.1 Å². The van der Waals surface area contributed by atoms with Gasteiger partial charge in [-0.1, -0.05) is 157 Å². The number of hydrogen-bond acceptors (Lipinski definition) is 1. The van der Waals surface area contributed by atoms with Crippen LogP contribution in [0.2, 0.25) is 13.1 Å². The first-order chi connectivity index (χ1) is 22.3. The molecule has 5 aromatic carbocycles. The molecule has 2 heteroatoms. The summed E-state index contributed by atoms with van der Waals surface area (Å²) in [5, 5.41) is 1.36. The molecule has 1 aliphatic rings. The number of benzene rings is 5. The third-order valence-electron chi connectivity index (χ3n) is 10.5. The van der Waals surface area contributed by atoms with Crippen LogP contribution in [0.25, 0.3) is 33.4 Å². The van der Waals surface area contributed by atoms with Crippen LogP contribution in [0, 0.1) is 0 Å². The van der Waals surface area contributed by atoms with E-state index in [9.17, 15) is 0 Å². The molecule has 234 valence electrons. The predicted molar refractivity (Wildman–Crippen MR) is 201 cm³/mol.